The number of aromatic nitrogens is 1. The van der Waals surface area contributed by atoms with Gasteiger partial charge in [0.2, 0.25) is 0 Å². The van der Waals surface area contributed by atoms with Gasteiger partial charge in [-0.1, -0.05) is 12.1 Å². The number of carboxylic acids is 1. The van der Waals surface area contributed by atoms with E-state index in [0.29, 0.717) is 11.3 Å². The first-order valence-corrected chi connectivity index (χ1v) is 7.43. The van der Waals surface area contributed by atoms with Gasteiger partial charge in [0.15, 0.2) is 6.61 Å². The van der Waals surface area contributed by atoms with E-state index in [1.165, 1.54) is 6.08 Å². The van der Waals surface area contributed by atoms with Crippen molar-refractivity contribution in [2.75, 3.05) is 12.0 Å². The Balaban J connectivity index is 2.12. The highest BCUT2D eigenvalue weighted by Crippen LogP contribution is 2.15. The van der Waals surface area contributed by atoms with E-state index in [2.05, 4.69) is 5.43 Å². The molecular formula is C18H17N3O4. The zero-order chi connectivity index (χ0) is 18.4. The van der Waals surface area contributed by atoms with Crippen molar-refractivity contribution in [2.45, 2.75) is 13.8 Å². The third-order valence-corrected chi connectivity index (χ3v) is 3.40. The topological polar surface area (TPSA) is 104 Å². The van der Waals surface area contributed by atoms with E-state index in [0.717, 1.165) is 11.4 Å². The quantitative estimate of drug-likeness (QED) is 0.620. The molecule has 7 heteroatoms. The predicted octanol–water partition coefficient (Wildman–Crippen LogP) is 2.25. The highest BCUT2D eigenvalue weighted by atomic mass is 16.5. The van der Waals surface area contributed by atoms with Crippen molar-refractivity contribution in [3.8, 4) is 11.8 Å². The lowest BCUT2D eigenvalue weighted by molar-refractivity contribution is -0.139. The molecule has 0 fully saturated rings. The Morgan fingerprint density at radius 2 is 1.80 bits per heavy atom. The summed E-state index contributed by atoms with van der Waals surface area (Å²) in [7, 11) is 0. The van der Waals surface area contributed by atoms with Gasteiger partial charge in [-0.3, -0.25) is 14.9 Å². The highest BCUT2D eigenvalue weighted by molar-refractivity contribution is 6.06. The molecule has 2 rings (SSSR count). The van der Waals surface area contributed by atoms with Crippen molar-refractivity contribution in [2.24, 2.45) is 0 Å². The Morgan fingerprint density at radius 3 is 2.32 bits per heavy atom. The van der Waals surface area contributed by atoms with Gasteiger partial charge in [0.1, 0.15) is 17.4 Å². The Hall–Kier alpha value is -3.53. The first-order valence-electron chi connectivity index (χ1n) is 7.43. The van der Waals surface area contributed by atoms with E-state index in [9.17, 15) is 14.9 Å². The van der Waals surface area contributed by atoms with Gasteiger partial charge in [-0.05, 0) is 49.8 Å². The minimum atomic E-state index is -1.07. The molecule has 0 radical (unpaired) electrons. The van der Waals surface area contributed by atoms with E-state index >= 15 is 0 Å². The van der Waals surface area contributed by atoms with Crippen LogP contribution >= 0.6 is 0 Å². The van der Waals surface area contributed by atoms with Crippen LogP contribution in [0.2, 0.25) is 0 Å². The predicted molar refractivity (Wildman–Crippen MR) is 91.4 cm³/mol. The molecule has 2 aromatic rings. The van der Waals surface area contributed by atoms with Crippen LogP contribution in [0.5, 0.6) is 5.75 Å². The third kappa shape index (κ3) is 4.72. The van der Waals surface area contributed by atoms with Crippen LogP contribution in [-0.4, -0.2) is 28.3 Å². The number of carboxylic acid groups (broad SMARTS) is 1. The van der Waals surface area contributed by atoms with Crippen LogP contribution in [0.15, 0.2) is 42.0 Å². The fourth-order valence-electron chi connectivity index (χ4n) is 2.13. The lowest BCUT2D eigenvalue weighted by Gasteiger charge is -2.10. The van der Waals surface area contributed by atoms with Crippen molar-refractivity contribution < 1.29 is 19.4 Å². The second kappa shape index (κ2) is 7.84. The number of aryl methyl sites for hydroxylation is 2. The average Bonchev–Trinajstić information content (AvgIpc) is 2.90. The second-order valence-corrected chi connectivity index (χ2v) is 5.31. The van der Waals surface area contributed by atoms with Crippen LogP contribution in [-0.2, 0) is 9.59 Å². The minimum Gasteiger partial charge on any atom is -0.482 e. The summed E-state index contributed by atoms with van der Waals surface area (Å²) in [5, 5.41) is 17.8. The molecule has 0 aliphatic carbocycles. The lowest BCUT2D eigenvalue weighted by atomic mass is 10.1. The molecule has 7 nitrogen and oxygen atoms in total. The molecule has 2 N–H and O–H groups in total. The molecule has 0 aliphatic rings. The Kier molecular flexibility index (Phi) is 5.58. The summed E-state index contributed by atoms with van der Waals surface area (Å²) in [6.07, 6.45) is 1.45. The van der Waals surface area contributed by atoms with Gasteiger partial charge in [0.05, 0.1) is 0 Å². The van der Waals surface area contributed by atoms with Crippen LogP contribution in [0, 0.1) is 25.2 Å². The molecule has 0 spiro atoms. The maximum Gasteiger partial charge on any atom is 0.341 e. The van der Waals surface area contributed by atoms with Gasteiger partial charge < -0.3 is 9.84 Å². The number of benzene rings is 1. The SMILES string of the molecule is Cc1ccc(C)n1NC(=O)/C(C#N)=C\c1ccc(OCC(=O)O)cc1. The number of hydrogen-bond donors (Lipinski definition) is 2. The van der Waals surface area contributed by atoms with E-state index in [1.54, 1.807) is 28.9 Å². The summed E-state index contributed by atoms with van der Waals surface area (Å²) >= 11 is 0. The summed E-state index contributed by atoms with van der Waals surface area (Å²) in [5.74, 6) is -1.19. The Morgan fingerprint density at radius 1 is 1.20 bits per heavy atom. The Bertz CT molecular complexity index is 838. The fourth-order valence-corrected chi connectivity index (χ4v) is 2.13. The van der Waals surface area contributed by atoms with Gasteiger partial charge in [-0.15, -0.1) is 0 Å². The molecule has 0 bridgehead atoms. The van der Waals surface area contributed by atoms with E-state index < -0.39 is 18.5 Å². The molecule has 1 heterocycles. The number of hydrogen-bond acceptors (Lipinski definition) is 4. The van der Waals surface area contributed by atoms with Crippen LogP contribution in [0.25, 0.3) is 6.08 Å². The van der Waals surface area contributed by atoms with Crippen LogP contribution in [0.3, 0.4) is 0 Å². The number of aliphatic carboxylic acids is 1. The molecule has 0 saturated heterocycles. The van der Waals surface area contributed by atoms with E-state index in [4.69, 9.17) is 9.84 Å². The molecule has 25 heavy (non-hydrogen) atoms. The number of rotatable bonds is 6. The zero-order valence-electron chi connectivity index (χ0n) is 13.8. The van der Waals surface area contributed by atoms with Gasteiger partial charge >= 0.3 is 5.97 Å². The smallest absolute Gasteiger partial charge is 0.341 e. The number of ether oxygens (including phenoxy) is 1. The molecule has 1 aromatic heterocycles. The number of carbonyl (C=O) groups excluding carboxylic acids is 1. The van der Waals surface area contributed by atoms with Crippen molar-refractivity contribution in [1.29, 1.82) is 5.26 Å². The summed E-state index contributed by atoms with van der Waals surface area (Å²) in [6, 6.07) is 12.0. The number of nitrogens with one attached hydrogen (secondary N) is 1. The van der Waals surface area contributed by atoms with E-state index in [-0.39, 0.29) is 5.57 Å². The van der Waals surface area contributed by atoms with Crippen molar-refractivity contribution in [1.82, 2.24) is 4.68 Å². The fraction of sp³-hybridized carbons (Fsp3) is 0.167. The maximum atomic E-state index is 12.3. The van der Waals surface area contributed by atoms with Crippen molar-refractivity contribution >= 4 is 18.0 Å². The van der Waals surface area contributed by atoms with Gasteiger partial charge in [0.25, 0.3) is 5.91 Å². The molecule has 1 amide bonds. The Labute approximate surface area is 144 Å². The molecule has 128 valence electrons. The van der Waals surface area contributed by atoms with Crippen molar-refractivity contribution in [3.63, 3.8) is 0 Å². The zero-order valence-corrected chi connectivity index (χ0v) is 13.8. The summed E-state index contributed by atoms with van der Waals surface area (Å²) in [4.78, 5) is 22.7. The molecule has 0 saturated carbocycles. The lowest BCUT2D eigenvalue weighted by Crippen LogP contribution is -2.25. The molecule has 0 aliphatic heterocycles. The normalized spacial score (nSPS) is 10.8. The van der Waals surface area contributed by atoms with E-state index in [1.807, 2.05) is 32.0 Å². The summed E-state index contributed by atoms with van der Waals surface area (Å²) in [5.41, 5.74) is 4.94. The molecule has 1 aromatic carbocycles. The minimum absolute atomic E-state index is 0.0493. The number of nitrogens with zero attached hydrogens (tertiary/aromatic N) is 2. The number of nitriles is 1. The van der Waals surface area contributed by atoms with Gasteiger partial charge in [0, 0.05) is 11.4 Å². The molecule has 0 atom stereocenters. The van der Waals surface area contributed by atoms with Crippen LogP contribution in [0.1, 0.15) is 17.0 Å². The highest BCUT2D eigenvalue weighted by Gasteiger charge is 2.11. The summed E-state index contributed by atoms with van der Waals surface area (Å²) < 4.78 is 6.64. The molecular weight excluding hydrogens is 322 g/mol. The number of carbonyl (C=O) groups is 2. The number of amides is 1. The van der Waals surface area contributed by atoms with Crippen LogP contribution in [0.4, 0.5) is 0 Å². The largest absolute Gasteiger partial charge is 0.482 e. The molecule has 0 unspecified atom stereocenters. The summed E-state index contributed by atoms with van der Waals surface area (Å²) in [6.45, 7) is 3.26. The first kappa shape index (κ1) is 17.8. The average molecular weight is 339 g/mol. The van der Waals surface area contributed by atoms with Crippen molar-refractivity contribution in [3.05, 3.63) is 58.9 Å². The van der Waals surface area contributed by atoms with Crippen LogP contribution < -0.4 is 10.2 Å². The monoisotopic (exact) mass is 339 g/mol. The maximum absolute atomic E-state index is 12.3. The standard InChI is InChI=1S/C18H17N3O4/c1-12-3-4-13(2)21(12)20-18(24)15(10-19)9-14-5-7-16(8-6-14)25-11-17(22)23/h3-9H,11H2,1-2H3,(H,20,24)(H,22,23)/b15-9-. The second-order valence-electron chi connectivity index (χ2n) is 5.31. The first-order chi connectivity index (χ1) is 11.9. The third-order valence-electron chi connectivity index (χ3n) is 3.40. The van der Waals surface area contributed by atoms with Gasteiger partial charge in [-0.25, -0.2) is 4.79 Å². The van der Waals surface area contributed by atoms with Gasteiger partial charge in [-0.2, -0.15) is 5.26 Å².